The minimum Gasteiger partial charge on any atom is -0.0955 e. The van der Waals surface area contributed by atoms with Gasteiger partial charge in [-0.25, -0.2) is 0 Å². The second-order valence-electron chi connectivity index (χ2n) is 4.63. The Balaban J connectivity index is 2.42. The van der Waals surface area contributed by atoms with Crippen LogP contribution in [-0.2, 0) is 0 Å². The number of hydrogen-bond acceptors (Lipinski definition) is 0. The molecule has 0 nitrogen and oxygen atoms in total. The van der Waals surface area contributed by atoms with E-state index in [0.29, 0.717) is 5.41 Å². The lowest BCUT2D eigenvalue weighted by Gasteiger charge is -2.56. The highest BCUT2D eigenvalue weighted by molar-refractivity contribution is 5.37. The summed E-state index contributed by atoms with van der Waals surface area (Å²) in [5, 5.41) is 0. The third-order valence-electron chi connectivity index (χ3n) is 3.68. The van der Waals surface area contributed by atoms with Crippen molar-refractivity contribution in [1.29, 1.82) is 0 Å². The van der Waals surface area contributed by atoms with Crippen LogP contribution in [-0.4, -0.2) is 0 Å². The number of hydrogen-bond donors (Lipinski definition) is 0. The number of allylic oxidation sites excluding steroid dienone is 3. The first kappa shape index (κ1) is 7.15. The van der Waals surface area contributed by atoms with Gasteiger partial charge in [0.2, 0.25) is 0 Å². The molecule has 0 aromatic rings. The summed E-state index contributed by atoms with van der Waals surface area (Å²) < 4.78 is 0. The molecule has 3 rings (SSSR count). The fourth-order valence-electron chi connectivity index (χ4n) is 2.82. The van der Waals surface area contributed by atoms with Crippen molar-refractivity contribution in [3.8, 4) is 0 Å². The van der Waals surface area contributed by atoms with Crippen LogP contribution in [0, 0.1) is 17.3 Å². The van der Waals surface area contributed by atoms with E-state index < -0.39 is 0 Å². The van der Waals surface area contributed by atoms with Crippen molar-refractivity contribution in [3.05, 3.63) is 23.8 Å². The highest BCUT2D eigenvalue weighted by Crippen LogP contribution is 2.60. The Hall–Kier alpha value is -0.520. The smallest absolute Gasteiger partial charge is 0.0105 e. The van der Waals surface area contributed by atoms with E-state index >= 15 is 0 Å². The van der Waals surface area contributed by atoms with Crippen LogP contribution in [0.2, 0.25) is 0 Å². The first-order valence-electron chi connectivity index (χ1n) is 4.40. The van der Waals surface area contributed by atoms with E-state index in [1.807, 2.05) is 0 Å². The van der Waals surface area contributed by atoms with Gasteiger partial charge in [-0.3, -0.25) is 0 Å². The van der Waals surface area contributed by atoms with Crippen molar-refractivity contribution in [2.45, 2.75) is 27.2 Å². The van der Waals surface area contributed by atoms with E-state index in [0.717, 1.165) is 11.8 Å². The zero-order chi connectivity index (χ0) is 8.22. The standard InChI is InChI=1S/C11H16/c1-7-5-8(2)10-6-9(7)11(10,3)4/h5,9-10H,1,6H2,2-4H3/t9-,10-/m1/s1. The zero-order valence-corrected chi connectivity index (χ0v) is 7.65. The van der Waals surface area contributed by atoms with E-state index in [-0.39, 0.29) is 0 Å². The molecule has 60 valence electrons. The fourth-order valence-corrected chi connectivity index (χ4v) is 2.82. The summed E-state index contributed by atoms with van der Waals surface area (Å²) in [6.07, 6.45) is 3.64. The van der Waals surface area contributed by atoms with Gasteiger partial charge in [0.05, 0.1) is 0 Å². The average Bonchev–Trinajstić information content (AvgIpc) is 1.84. The van der Waals surface area contributed by atoms with E-state index in [9.17, 15) is 0 Å². The Morgan fingerprint density at radius 3 is 2.45 bits per heavy atom. The molecule has 0 heterocycles. The van der Waals surface area contributed by atoms with Crippen molar-refractivity contribution in [2.24, 2.45) is 17.3 Å². The summed E-state index contributed by atoms with van der Waals surface area (Å²) in [6, 6.07) is 0. The summed E-state index contributed by atoms with van der Waals surface area (Å²) in [6.45, 7) is 11.1. The van der Waals surface area contributed by atoms with E-state index in [4.69, 9.17) is 0 Å². The number of rotatable bonds is 0. The van der Waals surface area contributed by atoms with Gasteiger partial charge in [-0.2, -0.15) is 0 Å². The molecule has 2 atom stereocenters. The lowest BCUT2D eigenvalue weighted by Crippen LogP contribution is -2.48. The molecule has 0 aromatic carbocycles. The van der Waals surface area contributed by atoms with Gasteiger partial charge in [-0.1, -0.05) is 37.6 Å². The largest absolute Gasteiger partial charge is 0.0955 e. The maximum absolute atomic E-state index is 4.10. The topological polar surface area (TPSA) is 0 Å². The molecule has 1 fully saturated rings. The first-order valence-corrected chi connectivity index (χ1v) is 4.40. The van der Waals surface area contributed by atoms with Crippen LogP contribution in [0.1, 0.15) is 27.2 Å². The molecule has 0 saturated heterocycles. The molecule has 3 aliphatic rings. The second-order valence-corrected chi connectivity index (χ2v) is 4.63. The van der Waals surface area contributed by atoms with Gasteiger partial charge in [-0.15, -0.1) is 0 Å². The van der Waals surface area contributed by atoms with Gasteiger partial charge in [-0.05, 0) is 30.6 Å². The van der Waals surface area contributed by atoms with Gasteiger partial charge in [0.15, 0.2) is 0 Å². The minimum atomic E-state index is 0.510. The minimum absolute atomic E-state index is 0.510. The fraction of sp³-hybridized carbons (Fsp3) is 0.636. The molecule has 0 aliphatic heterocycles. The van der Waals surface area contributed by atoms with E-state index in [2.05, 4.69) is 33.4 Å². The van der Waals surface area contributed by atoms with Crippen LogP contribution < -0.4 is 0 Å². The highest BCUT2D eigenvalue weighted by Gasteiger charge is 2.51. The predicted molar refractivity (Wildman–Crippen MR) is 48.3 cm³/mol. The SMILES string of the molecule is C=C1C=C(C)[C@H]2C[C@H]1C2(C)C. The van der Waals surface area contributed by atoms with Gasteiger partial charge in [0.1, 0.15) is 0 Å². The maximum atomic E-state index is 4.10. The third kappa shape index (κ3) is 0.702. The van der Waals surface area contributed by atoms with Crippen molar-refractivity contribution in [1.82, 2.24) is 0 Å². The van der Waals surface area contributed by atoms with Crippen molar-refractivity contribution in [3.63, 3.8) is 0 Å². The van der Waals surface area contributed by atoms with Gasteiger partial charge in [0.25, 0.3) is 0 Å². The molecule has 2 bridgehead atoms. The normalized spacial score (nSPS) is 39.5. The van der Waals surface area contributed by atoms with Gasteiger partial charge in [0, 0.05) is 0 Å². The van der Waals surface area contributed by atoms with Crippen LogP contribution in [0.15, 0.2) is 23.8 Å². The Kier molecular flexibility index (Phi) is 1.17. The van der Waals surface area contributed by atoms with Crippen LogP contribution in [0.3, 0.4) is 0 Å². The number of fused-ring (bicyclic) bond motifs is 1. The molecule has 0 heteroatoms. The van der Waals surface area contributed by atoms with Gasteiger partial charge >= 0.3 is 0 Å². The van der Waals surface area contributed by atoms with E-state index in [1.165, 1.54) is 12.0 Å². The monoisotopic (exact) mass is 148 g/mol. The average molecular weight is 148 g/mol. The van der Waals surface area contributed by atoms with Gasteiger partial charge < -0.3 is 0 Å². The van der Waals surface area contributed by atoms with Crippen LogP contribution in [0.5, 0.6) is 0 Å². The van der Waals surface area contributed by atoms with Crippen molar-refractivity contribution in [2.75, 3.05) is 0 Å². The second kappa shape index (κ2) is 1.80. The molecular formula is C11H16. The maximum Gasteiger partial charge on any atom is -0.0105 e. The molecule has 0 amide bonds. The highest BCUT2D eigenvalue weighted by atomic mass is 14.6. The molecular weight excluding hydrogens is 132 g/mol. The molecule has 3 aliphatic carbocycles. The third-order valence-corrected chi connectivity index (χ3v) is 3.68. The molecule has 0 radical (unpaired) electrons. The van der Waals surface area contributed by atoms with Crippen molar-refractivity contribution >= 4 is 0 Å². The lowest BCUT2D eigenvalue weighted by atomic mass is 9.48. The Bertz CT molecular complexity index is 243. The Labute approximate surface area is 69.0 Å². The molecule has 1 saturated carbocycles. The molecule has 11 heavy (non-hydrogen) atoms. The lowest BCUT2D eigenvalue weighted by molar-refractivity contribution is 0.0241. The van der Waals surface area contributed by atoms with Crippen LogP contribution in [0.25, 0.3) is 0 Å². The molecule has 0 unspecified atom stereocenters. The summed E-state index contributed by atoms with van der Waals surface area (Å²) in [7, 11) is 0. The van der Waals surface area contributed by atoms with Crippen molar-refractivity contribution < 1.29 is 0 Å². The molecule has 0 N–H and O–H groups in total. The summed E-state index contributed by atoms with van der Waals surface area (Å²) in [4.78, 5) is 0. The summed E-state index contributed by atoms with van der Waals surface area (Å²) in [5.41, 5.74) is 3.41. The molecule has 0 aromatic heterocycles. The first-order chi connectivity index (χ1) is 5.03. The summed E-state index contributed by atoms with van der Waals surface area (Å²) in [5.74, 6) is 1.62. The van der Waals surface area contributed by atoms with E-state index in [1.54, 1.807) is 5.57 Å². The molecule has 0 spiro atoms. The Morgan fingerprint density at radius 1 is 1.45 bits per heavy atom. The summed E-state index contributed by atoms with van der Waals surface area (Å²) >= 11 is 0. The predicted octanol–water partition coefficient (Wildman–Crippen LogP) is 3.16. The van der Waals surface area contributed by atoms with Crippen LogP contribution >= 0.6 is 0 Å². The zero-order valence-electron chi connectivity index (χ0n) is 7.65. The quantitative estimate of drug-likeness (QED) is 0.495. The van der Waals surface area contributed by atoms with Crippen LogP contribution in [0.4, 0.5) is 0 Å². The Morgan fingerprint density at radius 2 is 2.09 bits per heavy atom.